The molecule has 0 aromatic carbocycles. The van der Waals surface area contributed by atoms with Gasteiger partial charge in [0.1, 0.15) is 10.8 Å². The van der Waals surface area contributed by atoms with Crippen molar-refractivity contribution in [3.8, 4) is 0 Å². The van der Waals surface area contributed by atoms with E-state index in [1.165, 1.54) is 0 Å². The first kappa shape index (κ1) is 14.7. The van der Waals surface area contributed by atoms with Crippen molar-refractivity contribution in [3.63, 3.8) is 0 Å². The maximum Gasteiger partial charge on any atom is 0.144 e. The molecule has 19 heavy (non-hydrogen) atoms. The average molecular weight is 280 g/mol. The molecule has 2 unspecified atom stereocenters. The highest BCUT2D eigenvalue weighted by atomic mass is 32.1. The van der Waals surface area contributed by atoms with Crippen LogP contribution in [0.2, 0.25) is 0 Å². The molecule has 2 rings (SSSR count). The molecule has 1 fully saturated rings. The largest absolute Gasteiger partial charge is 0.327 e. The van der Waals surface area contributed by atoms with Crippen molar-refractivity contribution in [2.24, 2.45) is 11.7 Å². The van der Waals surface area contributed by atoms with Crippen LogP contribution in [0.3, 0.4) is 0 Å². The lowest BCUT2D eigenvalue weighted by Gasteiger charge is -2.27. The molecule has 0 radical (unpaired) electrons. The standard InChI is InChI=1S/C15H24N2OS/c1-15(2,3)13-9-19-14(17-13)8-12(18)10-6-4-5-7-11(10)16/h9-11H,4-8,16H2,1-3H3. The van der Waals surface area contributed by atoms with Gasteiger partial charge in [0, 0.05) is 22.8 Å². The molecular weight excluding hydrogens is 256 g/mol. The zero-order valence-corrected chi connectivity index (χ0v) is 12.9. The second-order valence-electron chi connectivity index (χ2n) is 6.57. The maximum atomic E-state index is 12.3. The van der Waals surface area contributed by atoms with E-state index in [-0.39, 0.29) is 23.2 Å². The molecular formula is C15H24N2OS. The van der Waals surface area contributed by atoms with Crippen LogP contribution >= 0.6 is 11.3 Å². The summed E-state index contributed by atoms with van der Waals surface area (Å²) in [5, 5.41) is 3.01. The lowest BCUT2D eigenvalue weighted by molar-refractivity contribution is -0.123. The third-order valence-electron chi connectivity index (χ3n) is 3.88. The highest BCUT2D eigenvalue weighted by Gasteiger charge is 2.28. The van der Waals surface area contributed by atoms with Crippen LogP contribution in [0, 0.1) is 5.92 Å². The summed E-state index contributed by atoms with van der Waals surface area (Å²) in [6.07, 6.45) is 4.70. The van der Waals surface area contributed by atoms with E-state index in [1.807, 2.05) is 0 Å². The first-order valence-corrected chi connectivity index (χ1v) is 7.99. The van der Waals surface area contributed by atoms with E-state index in [4.69, 9.17) is 5.73 Å². The topological polar surface area (TPSA) is 56.0 Å². The van der Waals surface area contributed by atoms with Gasteiger partial charge in [0.2, 0.25) is 0 Å². The van der Waals surface area contributed by atoms with Gasteiger partial charge in [-0.1, -0.05) is 33.6 Å². The lowest BCUT2D eigenvalue weighted by Crippen LogP contribution is -2.38. The van der Waals surface area contributed by atoms with Gasteiger partial charge < -0.3 is 5.73 Å². The molecule has 1 heterocycles. The maximum absolute atomic E-state index is 12.3. The van der Waals surface area contributed by atoms with E-state index in [1.54, 1.807) is 11.3 Å². The predicted octanol–water partition coefficient (Wildman–Crippen LogP) is 3.07. The van der Waals surface area contributed by atoms with E-state index >= 15 is 0 Å². The summed E-state index contributed by atoms with van der Waals surface area (Å²) in [5.74, 6) is 0.331. The number of hydrogen-bond donors (Lipinski definition) is 1. The minimum Gasteiger partial charge on any atom is -0.327 e. The highest BCUT2D eigenvalue weighted by molar-refractivity contribution is 7.09. The molecule has 0 aliphatic heterocycles. The average Bonchev–Trinajstić information content (AvgIpc) is 2.77. The van der Waals surface area contributed by atoms with E-state index in [2.05, 4.69) is 31.1 Å². The molecule has 0 saturated heterocycles. The summed E-state index contributed by atoms with van der Waals surface area (Å²) < 4.78 is 0. The van der Waals surface area contributed by atoms with Crippen LogP contribution in [-0.2, 0) is 16.6 Å². The number of carbonyl (C=O) groups excluding carboxylic acids is 1. The number of hydrogen-bond acceptors (Lipinski definition) is 4. The monoisotopic (exact) mass is 280 g/mol. The number of nitrogens with two attached hydrogens (primary N) is 1. The Morgan fingerprint density at radius 3 is 2.68 bits per heavy atom. The molecule has 106 valence electrons. The first-order chi connectivity index (χ1) is 8.88. The van der Waals surface area contributed by atoms with Crippen LogP contribution in [0.15, 0.2) is 5.38 Å². The lowest BCUT2D eigenvalue weighted by atomic mass is 9.81. The zero-order chi connectivity index (χ0) is 14.0. The smallest absolute Gasteiger partial charge is 0.144 e. The van der Waals surface area contributed by atoms with Crippen LogP contribution in [0.25, 0.3) is 0 Å². The molecule has 1 saturated carbocycles. The quantitative estimate of drug-likeness (QED) is 0.925. The zero-order valence-electron chi connectivity index (χ0n) is 12.1. The fourth-order valence-corrected chi connectivity index (χ4v) is 3.61. The van der Waals surface area contributed by atoms with Crippen molar-refractivity contribution in [2.45, 2.75) is 64.3 Å². The van der Waals surface area contributed by atoms with Gasteiger partial charge in [0.05, 0.1) is 12.1 Å². The molecule has 0 spiro atoms. The summed E-state index contributed by atoms with van der Waals surface area (Å²) >= 11 is 1.60. The number of Topliss-reactive ketones (excluding diaryl/α,β-unsaturated/α-hetero) is 1. The fraction of sp³-hybridized carbons (Fsp3) is 0.733. The summed E-state index contributed by atoms with van der Waals surface area (Å²) in [6, 6.07) is 0.0586. The molecule has 2 N–H and O–H groups in total. The summed E-state index contributed by atoms with van der Waals surface area (Å²) in [5.41, 5.74) is 7.20. The van der Waals surface area contributed by atoms with E-state index in [9.17, 15) is 4.79 Å². The highest BCUT2D eigenvalue weighted by Crippen LogP contribution is 2.27. The molecule has 3 nitrogen and oxygen atoms in total. The second kappa shape index (κ2) is 5.71. The van der Waals surface area contributed by atoms with Gasteiger partial charge in [-0.2, -0.15) is 0 Å². The minimum atomic E-state index is 0.0516. The van der Waals surface area contributed by atoms with Gasteiger partial charge in [-0.05, 0) is 12.8 Å². The van der Waals surface area contributed by atoms with Gasteiger partial charge >= 0.3 is 0 Å². The number of thiazole rings is 1. The normalized spacial score (nSPS) is 24.4. The third kappa shape index (κ3) is 3.63. The number of carbonyl (C=O) groups is 1. The van der Waals surface area contributed by atoms with Gasteiger partial charge in [-0.25, -0.2) is 4.98 Å². The molecule has 1 aliphatic rings. The Kier molecular flexibility index (Phi) is 4.41. The van der Waals surface area contributed by atoms with Crippen molar-refractivity contribution < 1.29 is 4.79 Å². The first-order valence-electron chi connectivity index (χ1n) is 7.11. The molecule has 0 bridgehead atoms. The van der Waals surface area contributed by atoms with E-state index in [0.29, 0.717) is 6.42 Å². The van der Waals surface area contributed by atoms with Crippen molar-refractivity contribution in [2.75, 3.05) is 0 Å². The van der Waals surface area contributed by atoms with Crippen LogP contribution in [0.4, 0.5) is 0 Å². The van der Waals surface area contributed by atoms with Gasteiger partial charge in [0.25, 0.3) is 0 Å². The molecule has 1 aromatic heterocycles. The van der Waals surface area contributed by atoms with Crippen LogP contribution in [-0.4, -0.2) is 16.8 Å². The Bertz CT molecular complexity index is 447. The van der Waals surface area contributed by atoms with Gasteiger partial charge in [-0.15, -0.1) is 11.3 Å². The van der Waals surface area contributed by atoms with Crippen LogP contribution in [0.5, 0.6) is 0 Å². The van der Waals surface area contributed by atoms with Crippen molar-refractivity contribution >= 4 is 17.1 Å². The second-order valence-corrected chi connectivity index (χ2v) is 7.52. The number of ketones is 1. The Balaban J connectivity index is 2.00. The number of rotatable bonds is 3. The Morgan fingerprint density at radius 2 is 2.11 bits per heavy atom. The Hall–Kier alpha value is -0.740. The molecule has 2 atom stereocenters. The van der Waals surface area contributed by atoms with Gasteiger partial charge in [0.15, 0.2) is 0 Å². The van der Waals surface area contributed by atoms with Crippen LogP contribution in [0.1, 0.15) is 57.2 Å². The van der Waals surface area contributed by atoms with Crippen LogP contribution < -0.4 is 5.73 Å². The SMILES string of the molecule is CC(C)(C)c1csc(CC(=O)C2CCCCC2N)n1. The molecule has 0 amide bonds. The molecule has 1 aliphatic carbocycles. The van der Waals surface area contributed by atoms with Crippen molar-refractivity contribution in [1.82, 2.24) is 4.98 Å². The van der Waals surface area contributed by atoms with Gasteiger partial charge in [-0.3, -0.25) is 4.79 Å². The van der Waals surface area contributed by atoms with E-state index < -0.39 is 0 Å². The van der Waals surface area contributed by atoms with Crippen molar-refractivity contribution in [1.29, 1.82) is 0 Å². The Labute approximate surface area is 119 Å². The van der Waals surface area contributed by atoms with E-state index in [0.717, 1.165) is 36.4 Å². The Morgan fingerprint density at radius 1 is 1.42 bits per heavy atom. The number of aromatic nitrogens is 1. The third-order valence-corrected chi connectivity index (χ3v) is 4.73. The molecule has 1 aromatic rings. The summed E-state index contributed by atoms with van der Waals surface area (Å²) in [4.78, 5) is 16.9. The molecule has 4 heteroatoms. The number of nitrogens with zero attached hydrogens (tertiary/aromatic N) is 1. The summed E-state index contributed by atoms with van der Waals surface area (Å²) in [6.45, 7) is 6.43. The summed E-state index contributed by atoms with van der Waals surface area (Å²) in [7, 11) is 0. The predicted molar refractivity (Wildman–Crippen MR) is 79.5 cm³/mol. The minimum absolute atomic E-state index is 0.0516. The van der Waals surface area contributed by atoms with Crippen molar-refractivity contribution in [3.05, 3.63) is 16.1 Å². The fourth-order valence-electron chi connectivity index (χ4n) is 2.58.